The van der Waals surface area contributed by atoms with Crippen LogP contribution >= 0.6 is 0 Å². The van der Waals surface area contributed by atoms with E-state index in [-0.39, 0.29) is 35.5 Å². The van der Waals surface area contributed by atoms with Crippen LogP contribution in [0.1, 0.15) is 6.92 Å². The summed E-state index contributed by atoms with van der Waals surface area (Å²) in [7, 11) is 0. The third kappa shape index (κ3) is 3.00. The van der Waals surface area contributed by atoms with Crippen molar-refractivity contribution >= 4 is 35.5 Å². The Hall–Kier alpha value is -0.320. The number of hydrogen-bond donors (Lipinski definition) is 1. The van der Waals surface area contributed by atoms with Crippen molar-refractivity contribution in [2.75, 3.05) is 0 Å². The van der Waals surface area contributed by atoms with Gasteiger partial charge < -0.3 is 9.72 Å². The number of ether oxygens (including phenoxy) is 1. The molecule has 0 fully saturated rings. The van der Waals surface area contributed by atoms with Crippen LogP contribution in [0.25, 0.3) is 0 Å². The average molecular weight is 149 g/mol. The molecular formula is C5H6N2NaO2. The Morgan fingerprint density at radius 1 is 1.80 bits per heavy atom. The SMILES string of the molecule is CC(=O)Oc1cnc[nH]1.[Na]. The Morgan fingerprint density at radius 2 is 2.50 bits per heavy atom. The maximum Gasteiger partial charge on any atom is 0.309 e. The molecule has 0 aliphatic rings. The molecule has 0 saturated heterocycles. The summed E-state index contributed by atoms with van der Waals surface area (Å²) in [5, 5.41) is 0. The summed E-state index contributed by atoms with van der Waals surface area (Å²) in [6.07, 6.45) is 2.87. The van der Waals surface area contributed by atoms with E-state index < -0.39 is 0 Å². The molecule has 0 aliphatic carbocycles. The average Bonchev–Trinajstić information content (AvgIpc) is 2.15. The summed E-state index contributed by atoms with van der Waals surface area (Å²) >= 11 is 0. The molecular weight excluding hydrogens is 143 g/mol. The van der Waals surface area contributed by atoms with Crippen LogP contribution in [0.3, 0.4) is 0 Å². The normalized spacial score (nSPS) is 8.10. The molecule has 0 saturated carbocycles. The number of carbonyl (C=O) groups excluding carboxylic acids is 1. The van der Waals surface area contributed by atoms with Gasteiger partial charge in [-0.3, -0.25) is 4.79 Å². The van der Waals surface area contributed by atoms with Gasteiger partial charge in [0.1, 0.15) is 0 Å². The molecule has 1 rings (SSSR count). The zero-order chi connectivity index (χ0) is 6.69. The van der Waals surface area contributed by atoms with Gasteiger partial charge in [-0.25, -0.2) is 4.98 Å². The minimum Gasteiger partial charge on any atom is -0.408 e. The molecule has 1 heterocycles. The number of rotatable bonds is 1. The molecule has 5 heteroatoms. The fourth-order valence-corrected chi connectivity index (χ4v) is 0.454. The van der Waals surface area contributed by atoms with E-state index in [1.54, 1.807) is 0 Å². The number of H-pyrrole nitrogens is 1. The van der Waals surface area contributed by atoms with Crippen LogP contribution in [-0.2, 0) is 4.79 Å². The van der Waals surface area contributed by atoms with E-state index in [1.165, 1.54) is 19.4 Å². The second kappa shape index (κ2) is 4.49. The third-order valence-corrected chi connectivity index (χ3v) is 0.727. The molecule has 49 valence electrons. The zero-order valence-electron chi connectivity index (χ0n) is 5.92. The number of nitrogens with zero attached hydrogens (tertiary/aromatic N) is 1. The first-order valence-electron chi connectivity index (χ1n) is 2.46. The summed E-state index contributed by atoms with van der Waals surface area (Å²) in [6.45, 7) is 1.33. The summed E-state index contributed by atoms with van der Waals surface area (Å²) in [6, 6.07) is 0. The number of nitrogens with one attached hydrogen (secondary N) is 1. The van der Waals surface area contributed by atoms with Crippen LogP contribution in [-0.4, -0.2) is 45.5 Å². The van der Waals surface area contributed by atoms with Gasteiger partial charge in [0, 0.05) is 36.5 Å². The molecule has 1 N–H and O–H groups in total. The van der Waals surface area contributed by atoms with E-state index in [9.17, 15) is 4.79 Å². The number of aromatic nitrogens is 2. The quantitative estimate of drug-likeness (QED) is 0.450. The van der Waals surface area contributed by atoms with Crippen molar-refractivity contribution in [3.05, 3.63) is 12.5 Å². The predicted octanol–water partition coefficient (Wildman–Crippen LogP) is -0.0458. The summed E-state index contributed by atoms with van der Waals surface area (Å²) in [5.41, 5.74) is 0. The van der Waals surface area contributed by atoms with Gasteiger partial charge in [-0.15, -0.1) is 0 Å². The number of imidazole rings is 1. The van der Waals surface area contributed by atoms with E-state index in [1.807, 2.05) is 0 Å². The molecule has 0 aliphatic heterocycles. The van der Waals surface area contributed by atoms with Crippen molar-refractivity contribution in [1.29, 1.82) is 0 Å². The number of esters is 1. The molecule has 1 radical (unpaired) electrons. The summed E-state index contributed by atoms with van der Waals surface area (Å²) in [4.78, 5) is 16.5. The topological polar surface area (TPSA) is 55.0 Å². The van der Waals surface area contributed by atoms with Crippen LogP contribution in [0.4, 0.5) is 0 Å². The minimum absolute atomic E-state index is 0. The monoisotopic (exact) mass is 149 g/mol. The molecule has 0 bridgehead atoms. The molecule has 0 spiro atoms. The van der Waals surface area contributed by atoms with Gasteiger partial charge in [0.2, 0.25) is 5.88 Å². The van der Waals surface area contributed by atoms with Crippen LogP contribution < -0.4 is 4.74 Å². The predicted molar refractivity (Wildman–Crippen MR) is 35.7 cm³/mol. The Labute approximate surface area is 80.3 Å². The van der Waals surface area contributed by atoms with Crippen molar-refractivity contribution < 1.29 is 9.53 Å². The molecule has 0 amide bonds. The molecule has 0 unspecified atom stereocenters. The molecule has 0 atom stereocenters. The van der Waals surface area contributed by atoms with E-state index in [0.29, 0.717) is 5.88 Å². The second-order valence-corrected chi connectivity index (χ2v) is 1.51. The standard InChI is InChI=1S/C5H6N2O2.Na/c1-4(8)9-5-2-6-3-7-5;/h2-3H,1H3,(H,6,7);. The maximum atomic E-state index is 10.2. The number of carbonyl (C=O) groups is 1. The number of hydrogen-bond acceptors (Lipinski definition) is 3. The van der Waals surface area contributed by atoms with Gasteiger partial charge in [0.25, 0.3) is 0 Å². The van der Waals surface area contributed by atoms with Crippen molar-refractivity contribution in [2.24, 2.45) is 0 Å². The fraction of sp³-hybridized carbons (Fsp3) is 0.200. The first-order valence-corrected chi connectivity index (χ1v) is 2.46. The van der Waals surface area contributed by atoms with Crippen molar-refractivity contribution in [2.45, 2.75) is 6.92 Å². The minimum atomic E-state index is -0.348. The Balaban J connectivity index is 0.000000810. The number of aromatic amines is 1. The van der Waals surface area contributed by atoms with Gasteiger partial charge in [-0.05, 0) is 0 Å². The van der Waals surface area contributed by atoms with Gasteiger partial charge in [0.15, 0.2) is 0 Å². The zero-order valence-corrected chi connectivity index (χ0v) is 7.92. The van der Waals surface area contributed by atoms with Crippen molar-refractivity contribution in [1.82, 2.24) is 9.97 Å². The van der Waals surface area contributed by atoms with E-state index in [0.717, 1.165) is 0 Å². The first kappa shape index (κ1) is 9.68. The van der Waals surface area contributed by atoms with E-state index in [4.69, 9.17) is 0 Å². The van der Waals surface area contributed by atoms with Gasteiger partial charge in [-0.1, -0.05) is 0 Å². The van der Waals surface area contributed by atoms with Crippen LogP contribution in [0.5, 0.6) is 5.88 Å². The van der Waals surface area contributed by atoms with E-state index in [2.05, 4.69) is 14.7 Å². The van der Waals surface area contributed by atoms with Gasteiger partial charge in [-0.2, -0.15) is 0 Å². The van der Waals surface area contributed by atoms with Crippen molar-refractivity contribution in [3.8, 4) is 5.88 Å². The molecule has 10 heavy (non-hydrogen) atoms. The summed E-state index contributed by atoms with van der Waals surface area (Å²) < 4.78 is 4.60. The van der Waals surface area contributed by atoms with E-state index >= 15 is 0 Å². The van der Waals surface area contributed by atoms with Crippen LogP contribution in [0.15, 0.2) is 12.5 Å². The summed E-state index contributed by atoms with van der Waals surface area (Å²) in [5.74, 6) is 0.0294. The van der Waals surface area contributed by atoms with Crippen LogP contribution in [0, 0.1) is 0 Å². The molecule has 1 aromatic rings. The fourth-order valence-electron chi connectivity index (χ4n) is 0.454. The van der Waals surface area contributed by atoms with Crippen molar-refractivity contribution in [3.63, 3.8) is 0 Å². The third-order valence-electron chi connectivity index (χ3n) is 0.727. The smallest absolute Gasteiger partial charge is 0.309 e. The molecule has 0 aromatic carbocycles. The second-order valence-electron chi connectivity index (χ2n) is 1.51. The Bertz CT molecular complexity index is 197. The van der Waals surface area contributed by atoms with Gasteiger partial charge in [0.05, 0.1) is 12.5 Å². The molecule has 4 nitrogen and oxygen atoms in total. The largest absolute Gasteiger partial charge is 0.408 e. The Morgan fingerprint density at radius 3 is 2.90 bits per heavy atom. The Kier molecular flexibility index (Phi) is 4.34. The molecule has 1 aromatic heterocycles. The van der Waals surface area contributed by atoms with Gasteiger partial charge >= 0.3 is 5.97 Å². The maximum absolute atomic E-state index is 10.2. The first-order chi connectivity index (χ1) is 4.29. The van der Waals surface area contributed by atoms with Crippen LogP contribution in [0.2, 0.25) is 0 Å².